The fourth-order valence-corrected chi connectivity index (χ4v) is 3.76. The number of benzene rings is 1. The number of aromatic nitrogens is 4. The lowest BCUT2D eigenvalue weighted by molar-refractivity contribution is 0.0949. The maximum atomic E-state index is 12.8. The maximum absolute atomic E-state index is 12.8. The molecule has 0 unspecified atom stereocenters. The van der Waals surface area contributed by atoms with Gasteiger partial charge >= 0.3 is 0 Å². The largest absolute Gasteiger partial charge is 0.348 e. The van der Waals surface area contributed by atoms with Crippen LogP contribution in [0, 0.1) is 0 Å². The van der Waals surface area contributed by atoms with Gasteiger partial charge in [-0.3, -0.25) is 9.89 Å². The van der Waals surface area contributed by atoms with Crippen LogP contribution >= 0.6 is 0 Å². The van der Waals surface area contributed by atoms with E-state index in [2.05, 4.69) is 20.5 Å². The number of nitrogens with one attached hydrogen (secondary N) is 2. The van der Waals surface area contributed by atoms with Crippen LogP contribution in [0.25, 0.3) is 5.69 Å². The van der Waals surface area contributed by atoms with Crippen LogP contribution in [0.15, 0.2) is 49.2 Å². The molecule has 1 amide bonds. The molecule has 0 radical (unpaired) electrons. The van der Waals surface area contributed by atoms with Crippen LogP contribution in [-0.4, -0.2) is 25.7 Å². The summed E-state index contributed by atoms with van der Waals surface area (Å²) >= 11 is 0. The molecule has 134 valence electrons. The number of para-hydroxylation sites is 1. The van der Waals surface area contributed by atoms with Crippen molar-refractivity contribution in [2.45, 2.75) is 44.6 Å². The SMILES string of the molecule is O=C(NCc1ccccc1-n1ccnc1)c1cn[nH]c1C1CCCCC1. The minimum absolute atomic E-state index is 0.0697. The van der Waals surface area contributed by atoms with E-state index in [9.17, 15) is 4.79 Å². The zero-order valence-corrected chi connectivity index (χ0v) is 14.7. The lowest BCUT2D eigenvalue weighted by Crippen LogP contribution is -2.25. The number of H-pyrrole nitrogens is 1. The molecule has 4 rings (SSSR count). The first kappa shape index (κ1) is 16.6. The van der Waals surface area contributed by atoms with Crippen molar-refractivity contribution in [3.05, 3.63) is 66.0 Å². The van der Waals surface area contributed by atoms with Crippen molar-refractivity contribution in [3.8, 4) is 5.69 Å². The summed E-state index contributed by atoms with van der Waals surface area (Å²) in [5, 5.41) is 10.2. The fourth-order valence-electron chi connectivity index (χ4n) is 3.76. The van der Waals surface area contributed by atoms with Gasteiger partial charge in [0.15, 0.2) is 0 Å². The first-order valence-corrected chi connectivity index (χ1v) is 9.20. The minimum atomic E-state index is -0.0697. The van der Waals surface area contributed by atoms with E-state index in [0.717, 1.165) is 29.8 Å². The third kappa shape index (κ3) is 3.40. The molecule has 1 aliphatic rings. The van der Waals surface area contributed by atoms with Gasteiger partial charge in [-0.15, -0.1) is 0 Å². The van der Waals surface area contributed by atoms with Crippen LogP contribution in [-0.2, 0) is 6.54 Å². The van der Waals surface area contributed by atoms with Crippen LogP contribution in [0.2, 0.25) is 0 Å². The van der Waals surface area contributed by atoms with Crippen LogP contribution in [0.4, 0.5) is 0 Å². The molecule has 6 nitrogen and oxygen atoms in total. The normalized spacial score (nSPS) is 15.1. The van der Waals surface area contributed by atoms with E-state index in [1.165, 1.54) is 19.3 Å². The second-order valence-corrected chi connectivity index (χ2v) is 6.81. The Bertz CT molecular complexity index is 862. The predicted octanol–water partition coefficient (Wildman–Crippen LogP) is 3.57. The van der Waals surface area contributed by atoms with Gasteiger partial charge in [-0.2, -0.15) is 5.10 Å². The lowest BCUT2D eigenvalue weighted by atomic mass is 9.85. The molecule has 0 atom stereocenters. The van der Waals surface area contributed by atoms with Crippen LogP contribution in [0.3, 0.4) is 0 Å². The fraction of sp³-hybridized carbons (Fsp3) is 0.350. The summed E-state index contributed by atoms with van der Waals surface area (Å²) in [6.45, 7) is 0.461. The van der Waals surface area contributed by atoms with E-state index in [4.69, 9.17) is 0 Å². The van der Waals surface area contributed by atoms with Gasteiger partial charge < -0.3 is 9.88 Å². The Balaban J connectivity index is 1.48. The highest BCUT2D eigenvalue weighted by molar-refractivity contribution is 5.95. The Morgan fingerprint density at radius 3 is 2.88 bits per heavy atom. The average Bonchev–Trinajstić information content (AvgIpc) is 3.39. The molecule has 1 saturated carbocycles. The Kier molecular flexibility index (Phi) is 4.82. The van der Waals surface area contributed by atoms with Crippen molar-refractivity contribution in [1.29, 1.82) is 0 Å². The second kappa shape index (κ2) is 7.56. The predicted molar refractivity (Wildman–Crippen MR) is 99.1 cm³/mol. The molecule has 2 heterocycles. The molecule has 0 bridgehead atoms. The van der Waals surface area contributed by atoms with E-state index in [-0.39, 0.29) is 5.91 Å². The molecule has 6 heteroatoms. The zero-order valence-electron chi connectivity index (χ0n) is 14.7. The Morgan fingerprint density at radius 2 is 2.08 bits per heavy atom. The molecule has 1 aliphatic carbocycles. The summed E-state index contributed by atoms with van der Waals surface area (Å²) in [7, 11) is 0. The number of rotatable bonds is 5. The molecule has 0 saturated heterocycles. The first-order chi connectivity index (χ1) is 12.8. The number of carbonyl (C=O) groups is 1. The van der Waals surface area contributed by atoms with Crippen molar-refractivity contribution in [2.24, 2.45) is 0 Å². The lowest BCUT2D eigenvalue weighted by Gasteiger charge is -2.21. The Hall–Kier alpha value is -2.89. The van der Waals surface area contributed by atoms with Crippen molar-refractivity contribution in [1.82, 2.24) is 25.1 Å². The number of amides is 1. The Morgan fingerprint density at radius 1 is 1.23 bits per heavy atom. The molecule has 1 fully saturated rings. The molecule has 3 aromatic rings. The van der Waals surface area contributed by atoms with E-state index >= 15 is 0 Å². The third-order valence-corrected chi connectivity index (χ3v) is 5.14. The quantitative estimate of drug-likeness (QED) is 0.739. The van der Waals surface area contributed by atoms with E-state index < -0.39 is 0 Å². The molecule has 2 aromatic heterocycles. The average molecular weight is 349 g/mol. The van der Waals surface area contributed by atoms with Gasteiger partial charge in [0.25, 0.3) is 5.91 Å². The molecule has 26 heavy (non-hydrogen) atoms. The number of nitrogens with zero attached hydrogens (tertiary/aromatic N) is 3. The molecular formula is C20H23N5O. The smallest absolute Gasteiger partial charge is 0.255 e. The summed E-state index contributed by atoms with van der Waals surface area (Å²) < 4.78 is 1.95. The first-order valence-electron chi connectivity index (χ1n) is 9.20. The maximum Gasteiger partial charge on any atom is 0.255 e. The highest BCUT2D eigenvalue weighted by Crippen LogP contribution is 2.33. The van der Waals surface area contributed by atoms with Crippen LogP contribution in [0.5, 0.6) is 0 Å². The van der Waals surface area contributed by atoms with Crippen LogP contribution < -0.4 is 5.32 Å². The summed E-state index contributed by atoms with van der Waals surface area (Å²) in [6, 6.07) is 8.01. The number of aromatic amines is 1. The second-order valence-electron chi connectivity index (χ2n) is 6.81. The van der Waals surface area contributed by atoms with Gasteiger partial charge in [-0.05, 0) is 24.5 Å². The van der Waals surface area contributed by atoms with Gasteiger partial charge in [0.1, 0.15) is 0 Å². The van der Waals surface area contributed by atoms with Gasteiger partial charge in [-0.25, -0.2) is 4.98 Å². The number of imidazole rings is 1. The topological polar surface area (TPSA) is 75.6 Å². The highest BCUT2D eigenvalue weighted by Gasteiger charge is 2.23. The van der Waals surface area contributed by atoms with E-state index in [1.54, 1.807) is 18.7 Å². The van der Waals surface area contributed by atoms with E-state index in [0.29, 0.717) is 18.0 Å². The van der Waals surface area contributed by atoms with Gasteiger partial charge in [0.05, 0.1) is 29.5 Å². The molecular weight excluding hydrogens is 326 g/mol. The number of hydrogen-bond donors (Lipinski definition) is 2. The molecule has 0 aliphatic heterocycles. The summed E-state index contributed by atoms with van der Waals surface area (Å²) in [5.74, 6) is 0.352. The van der Waals surface area contributed by atoms with Crippen molar-refractivity contribution in [3.63, 3.8) is 0 Å². The van der Waals surface area contributed by atoms with Gasteiger partial charge in [0.2, 0.25) is 0 Å². The van der Waals surface area contributed by atoms with Gasteiger partial charge in [-0.1, -0.05) is 37.5 Å². The monoisotopic (exact) mass is 349 g/mol. The van der Waals surface area contributed by atoms with Crippen molar-refractivity contribution < 1.29 is 4.79 Å². The highest BCUT2D eigenvalue weighted by atomic mass is 16.1. The van der Waals surface area contributed by atoms with E-state index in [1.807, 2.05) is 35.0 Å². The number of hydrogen-bond acceptors (Lipinski definition) is 3. The van der Waals surface area contributed by atoms with Crippen molar-refractivity contribution >= 4 is 5.91 Å². The standard InChI is InChI=1S/C20H23N5O/c26-20(17-13-23-24-19(17)15-6-2-1-3-7-15)22-12-16-8-4-5-9-18(16)25-11-10-21-14-25/h4-5,8-11,13-15H,1-3,6-7,12H2,(H,22,26)(H,23,24). The summed E-state index contributed by atoms with van der Waals surface area (Å²) in [4.78, 5) is 16.9. The number of carbonyl (C=O) groups excluding carboxylic acids is 1. The minimum Gasteiger partial charge on any atom is -0.348 e. The van der Waals surface area contributed by atoms with Crippen molar-refractivity contribution in [2.75, 3.05) is 0 Å². The molecule has 1 aromatic carbocycles. The van der Waals surface area contributed by atoms with Crippen LogP contribution in [0.1, 0.15) is 59.6 Å². The zero-order chi connectivity index (χ0) is 17.8. The molecule has 0 spiro atoms. The Labute approximate surface area is 152 Å². The third-order valence-electron chi connectivity index (χ3n) is 5.14. The summed E-state index contributed by atoms with van der Waals surface area (Å²) in [5.41, 5.74) is 3.73. The molecule has 2 N–H and O–H groups in total. The van der Waals surface area contributed by atoms with Gasteiger partial charge in [0, 0.05) is 24.9 Å². The summed E-state index contributed by atoms with van der Waals surface area (Å²) in [6.07, 6.45) is 13.1.